The van der Waals surface area contributed by atoms with E-state index in [9.17, 15) is 4.79 Å². The quantitative estimate of drug-likeness (QED) is 0.823. The first-order valence-corrected chi connectivity index (χ1v) is 6.17. The molecule has 0 aromatic heterocycles. The summed E-state index contributed by atoms with van der Waals surface area (Å²) >= 11 is 0. The molecule has 0 spiro atoms. The lowest BCUT2D eigenvalue weighted by molar-refractivity contribution is 0.0748. The van der Waals surface area contributed by atoms with Gasteiger partial charge >= 0.3 is 0 Å². The predicted molar refractivity (Wildman–Crippen MR) is 69.9 cm³/mol. The van der Waals surface area contributed by atoms with Gasteiger partial charge in [0.15, 0.2) is 0 Å². The number of nitrogens with zero attached hydrogens (tertiary/aromatic N) is 2. The number of benzene rings is 1. The average Bonchev–Trinajstić information content (AvgIpc) is 3.17. The number of hydrogen-bond acceptors (Lipinski definition) is 3. The van der Waals surface area contributed by atoms with Crippen molar-refractivity contribution in [2.24, 2.45) is 0 Å². The van der Waals surface area contributed by atoms with Gasteiger partial charge in [-0.1, -0.05) is 11.6 Å². The lowest BCUT2D eigenvalue weighted by atomic mass is 10.1. The standard InChI is InChI=1S/C14H17N3O/c1-10-3-6-13(16)12(9-10)14(18)17(8-2-7-15)11-4-5-11/h3,6,9,11H,2,4-5,8,16H2,1H3. The molecular formula is C14H17N3O. The van der Waals surface area contributed by atoms with Crippen molar-refractivity contribution in [1.29, 1.82) is 5.26 Å². The number of aryl methyl sites for hydroxylation is 1. The highest BCUT2D eigenvalue weighted by Gasteiger charge is 2.33. The second-order valence-electron chi connectivity index (χ2n) is 4.73. The van der Waals surface area contributed by atoms with Crippen molar-refractivity contribution >= 4 is 11.6 Å². The van der Waals surface area contributed by atoms with Gasteiger partial charge in [0.2, 0.25) is 0 Å². The molecule has 1 fully saturated rings. The summed E-state index contributed by atoms with van der Waals surface area (Å²) in [6.07, 6.45) is 2.43. The number of amides is 1. The number of anilines is 1. The molecule has 4 nitrogen and oxygen atoms in total. The highest BCUT2D eigenvalue weighted by molar-refractivity contribution is 5.99. The van der Waals surface area contributed by atoms with Crippen LogP contribution in [0.5, 0.6) is 0 Å². The van der Waals surface area contributed by atoms with Crippen molar-refractivity contribution in [2.75, 3.05) is 12.3 Å². The molecule has 0 heterocycles. The molecule has 0 saturated heterocycles. The Balaban J connectivity index is 2.22. The van der Waals surface area contributed by atoms with Gasteiger partial charge in [-0.2, -0.15) is 5.26 Å². The Morgan fingerprint density at radius 3 is 2.89 bits per heavy atom. The van der Waals surface area contributed by atoms with E-state index in [2.05, 4.69) is 6.07 Å². The van der Waals surface area contributed by atoms with Crippen molar-refractivity contribution in [3.8, 4) is 6.07 Å². The zero-order valence-electron chi connectivity index (χ0n) is 10.5. The lowest BCUT2D eigenvalue weighted by Gasteiger charge is -2.22. The largest absolute Gasteiger partial charge is 0.398 e. The van der Waals surface area contributed by atoms with Crippen LogP contribution in [0.3, 0.4) is 0 Å². The third-order valence-corrected chi connectivity index (χ3v) is 3.15. The molecule has 2 N–H and O–H groups in total. The molecular weight excluding hydrogens is 226 g/mol. The van der Waals surface area contributed by atoms with Gasteiger partial charge in [-0.15, -0.1) is 0 Å². The fourth-order valence-electron chi connectivity index (χ4n) is 2.02. The zero-order valence-corrected chi connectivity index (χ0v) is 10.5. The van der Waals surface area contributed by atoms with Crippen molar-refractivity contribution in [1.82, 2.24) is 4.90 Å². The van der Waals surface area contributed by atoms with Gasteiger partial charge < -0.3 is 10.6 Å². The molecule has 1 saturated carbocycles. The molecule has 18 heavy (non-hydrogen) atoms. The smallest absolute Gasteiger partial charge is 0.256 e. The SMILES string of the molecule is Cc1ccc(N)c(C(=O)N(CCC#N)C2CC2)c1. The Bertz CT molecular complexity index is 500. The summed E-state index contributed by atoms with van der Waals surface area (Å²) in [4.78, 5) is 14.2. The minimum Gasteiger partial charge on any atom is -0.398 e. The van der Waals surface area contributed by atoms with E-state index in [4.69, 9.17) is 11.0 Å². The van der Waals surface area contributed by atoms with Crippen LogP contribution in [0.25, 0.3) is 0 Å². The molecule has 0 aliphatic heterocycles. The van der Waals surface area contributed by atoms with E-state index in [0.717, 1.165) is 18.4 Å². The number of carbonyl (C=O) groups excluding carboxylic acids is 1. The minimum absolute atomic E-state index is 0.0473. The van der Waals surface area contributed by atoms with Gasteiger partial charge in [0, 0.05) is 18.3 Å². The summed E-state index contributed by atoms with van der Waals surface area (Å²) in [7, 11) is 0. The van der Waals surface area contributed by atoms with E-state index in [1.807, 2.05) is 19.1 Å². The second kappa shape index (κ2) is 5.09. The number of hydrogen-bond donors (Lipinski definition) is 1. The molecule has 1 aromatic carbocycles. The molecule has 1 aliphatic rings. The molecule has 2 rings (SSSR count). The highest BCUT2D eigenvalue weighted by Crippen LogP contribution is 2.29. The molecule has 4 heteroatoms. The molecule has 0 bridgehead atoms. The van der Waals surface area contributed by atoms with Crippen LogP contribution in [0.4, 0.5) is 5.69 Å². The Labute approximate surface area is 107 Å². The first kappa shape index (κ1) is 12.4. The van der Waals surface area contributed by atoms with Crippen LogP contribution >= 0.6 is 0 Å². The Hall–Kier alpha value is -2.02. The van der Waals surface area contributed by atoms with E-state index in [1.165, 1.54) is 0 Å². The van der Waals surface area contributed by atoms with Crippen LogP contribution in [0, 0.1) is 18.3 Å². The number of nitrogens with two attached hydrogens (primary N) is 1. The molecule has 1 aliphatic carbocycles. The fraction of sp³-hybridized carbons (Fsp3) is 0.429. The number of carbonyl (C=O) groups is 1. The molecule has 1 amide bonds. The van der Waals surface area contributed by atoms with Crippen molar-refractivity contribution in [2.45, 2.75) is 32.2 Å². The van der Waals surface area contributed by atoms with Crippen LogP contribution in [-0.4, -0.2) is 23.4 Å². The van der Waals surface area contributed by atoms with Crippen molar-refractivity contribution in [3.63, 3.8) is 0 Å². The number of rotatable bonds is 4. The maximum absolute atomic E-state index is 12.4. The van der Waals surface area contributed by atoms with E-state index in [1.54, 1.807) is 11.0 Å². The third kappa shape index (κ3) is 2.62. The van der Waals surface area contributed by atoms with E-state index in [-0.39, 0.29) is 5.91 Å². The second-order valence-corrected chi connectivity index (χ2v) is 4.73. The maximum Gasteiger partial charge on any atom is 0.256 e. The number of nitrogen functional groups attached to an aromatic ring is 1. The van der Waals surface area contributed by atoms with E-state index < -0.39 is 0 Å². The van der Waals surface area contributed by atoms with Crippen LogP contribution in [0.15, 0.2) is 18.2 Å². The summed E-state index contributed by atoms with van der Waals surface area (Å²) in [5.41, 5.74) is 7.95. The number of nitriles is 1. The van der Waals surface area contributed by atoms with Gasteiger partial charge in [-0.25, -0.2) is 0 Å². The maximum atomic E-state index is 12.4. The van der Waals surface area contributed by atoms with Crippen LogP contribution < -0.4 is 5.73 Å². The monoisotopic (exact) mass is 243 g/mol. The van der Waals surface area contributed by atoms with Gasteiger partial charge in [0.1, 0.15) is 0 Å². The van der Waals surface area contributed by atoms with Crippen molar-refractivity contribution in [3.05, 3.63) is 29.3 Å². The van der Waals surface area contributed by atoms with Crippen LogP contribution in [0.1, 0.15) is 35.2 Å². The highest BCUT2D eigenvalue weighted by atomic mass is 16.2. The molecule has 0 radical (unpaired) electrons. The molecule has 0 atom stereocenters. The van der Waals surface area contributed by atoms with E-state index >= 15 is 0 Å². The minimum atomic E-state index is -0.0473. The van der Waals surface area contributed by atoms with Crippen LogP contribution in [0.2, 0.25) is 0 Å². The zero-order chi connectivity index (χ0) is 13.1. The summed E-state index contributed by atoms with van der Waals surface area (Å²) in [6, 6.07) is 7.86. The Morgan fingerprint density at radius 1 is 1.56 bits per heavy atom. The third-order valence-electron chi connectivity index (χ3n) is 3.15. The van der Waals surface area contributed by atoms with Gasteiger partial charge in [-0.3, -0.25) is 4.79 Å². The van der Waals surface area contributed by atoms with Gasteiger partial charge in [0.25, 0.3) is 5.91 Å². The molecule has 1 aromatic rings. The van der Waals surface area contributed by atoms with Crippen molar-refractivity contribution < 1.29 is 4.79 Å². The summed E-state index contributed by atoms with van der Waals surface area (Å²) in [5.74, 6) is -0.0473. The Morgan fingerprint density at radius 2 is 2.28 bits per heavy atom. The lowest BCUT2D eigenvalue weighted by Crippen LogP contribution is -2.34. The summed E-state index contributed by atoms with van der Waals surface area (Å²) in [5, 5.41) is 8.66. The average molecular weight is 243 g/mol. The summed E-state index contributed by atoms with van der Waals surface area (Å²) < 4.78 is 0. The van der Waals surface area contributed by atoms with Gasteiger partial charge in [0.05, 0.1) is 18.1 Å². The first-order valence-electron chi connectivity index (χ1n) is 6.17. The van der Waals surface area contributed by atoms with Crippen LogP contribution in [-0.2, 0) is 0 Å². The fourth-order valence-corrected chi connectivity index (χ4v) is 2.02. The van der Waals surface area contributed by atoms with Gasteiger partial charge in [-0.05, 0) is 31.9 Å². The predicted octanol–water partition coefficient (Wildman–Crippen LogP) is 2.10. The normalized spacial score (nSPS) is 14.0. The summed E-state index contributed by atoms with van der Waals surface area (Å²) in [6.45, 7) is 2.43. The first-order chi connectivity index (χ1) is 8.63. The van der Waals surface area contributed by atoms with E-state index in [0.29, 0.717) is 30.3 Å². The molecule has 94 valence electrons. The topological polar surface area (TPSA) is 70.1 Å². The Kier molecular flexibility index (Phi) is 3.52. The molecule has 0 unspecified atom stereocenters.